The Hall–Kier alpha value is -1.70. The quantitative estimate of drug-likeness (QED) is 0.339. The number of hydrogen-bond acceptors (Lipinski definition) is 6. The zero-order chi connectivity index (χ0) is 21.1. The van der Waals surface area contributed by atoms with Gasteiger partial charge in [0.25, 0.3) is 0 Å². The summed E-state index contributed by atoms with van der Waals surface area (Å²) < 4.78 is 22.6. The van der Waals surface area contributed by atoms with Crippen molar-refractivity contribution in [1.29, 1.82) is 0 Å². The third-order valence-electron chi connectivity index (χ3n) is 5.42. The van der Waals surface area contributed by atoms with E-state index in [0.29, 0.717) is 17.3 Å². The number of oxazole rings is 2. The molecule has 28 heavy (non-hydrogen) atoms. The molecule has 156 valence electrons. The maximum Gasteiger partial charge on any atom is 0.248 e. The minimum Gasteiger partial charge on any atom is -0.450 e. The van der Waals surface area contributed by atoms with Gasteiger partial charge < -0.3 is 18.3 Å². The summed E-state index contributed by atoms with van der Waals surface area (Å²) in [7, 11) is 1.15. The summed E-state index contributed by atoms with van der Waals surface area (Å²) in [5, 5.41) is 1.02. The van der Waals surface area contributed by atoms with Crippen LogP contribution in [0.15, 0.2) is 26.7 Å². The van der Waals surface area contributed by atoms with Crippen LogP contribution in [0.25, 0.3) is 11.6 Å². The van der Waals surface area contributed by atoms with E-state index < -0.39 is 14.4 Å². The van der Waals surface area contributed by atoms with Crippen LogP contribution in [0.5, 0.6) is 0 Å². The maximum atomic E-state index is 6.32. The molecule has 0 aliphatic heterocycles. The standard InChI is InChI=1S/C21H34N2O4Si/c1-14(2)11-10-12-16-23-17(20(27-16)28(8,9)21(3,4)5)18-22-15(13-26-18)19(24-6)25-7/h11,13,19H,10,12H2,1-9H3. The van der Waals surface area contributed by atoms with Crippen molar-refractivity contribution in [3.63, 3.8) is 0 Å². The van der Waals surface area contributed by atoms with Gasteiger partial charge >= 0.3 is 0 Å². The number of allylic oxidation sites excluding steroid dienone is 2. The molecule has 0 unspecified atom stereocenters. The highest BCUT2D eigenvalue weighted by molar-refractivity contribution is 6.92. The number of methoxy groups -OCH3 is 2. The Morgan fingerprint density at radius 2 is 1.82 bits per heavy atom. The minimum absolute atomic E-state index is 0.0927. The Morgan fingerprint density at radius 3 is 2.36 bits per heavy atom. The lowest BCUT2D eigenvalue weighted by Gasteiger charge is -2.34. The van der Waals surface area contributed by atoms with Crippen molar-refractivity contribution in [2.45, 2.75) is 71.9 Å². The van der Waals surface area contributed by atoms with Crippen molar-refractivity contribution in [3.8, 4) is 11.6 Å². The molecule has 2 rings (SSSR count). The van der Waals surface area contributed by atoms with E-state index in [1.807, 2.05) is 0 Å². The fraction of sp³-hybridized carbons (Fsp3) is 0.619. The van der Waals surface area contributed by atoms with E-state index in [0.717, 1.165) is 24.1 Å². The van der Waals surface area contributed by atoms with Crippen LogP contribution in [0, 0.1) is 0 Å². The van der Waals surface area contributed by atoms with Crippen LogP contribution in [-0.4, -0.2) is 32.3 Å². The molecular weight excluding hydrogens is 372 g/mol. The summed E-state index contributed by atoms with van der Waals surface area (Å²) >= 11 is 0. The third-order valence-corrected chi connectivity index (χ3v) is 10.6. The van der Waals surface area contributed by atoms with Crippen LogP contribution < -0.4 is 5.38 Å². The first kappa shape index (κ1) is 22.6. The monoisotopic (exact) mass is 406 g/mol. The van der Waals surface area contributed by atoms with Crippen molar-refractivity contribution in [2.24, 2.45) is 0 Å². The van der Waals surface area contributed by atoms with Crippen LogP contribution in [0.4, 0.5) is 0 Å². The van der Waals surface area contributed by atoms with Crippen molar-refractivity contribution in [3.05, 3.63) is 29.5 Å². The molecule has 7 heteroatoms. The van der Waals surface area contributed by atoms with E-state index in [4.69, 9.17) is 23.3 Å². The van der Waals surface area contributed by atoms with E-state index in [2.05, 4.69) is 58.8 Å². The molecule has 0 N–H and O–H groups in total. The molecule has 0 bridgehead atoms. The molecular formula is C21H34N2O4Si. The van der Waals surface area contributed by atoms with Crippen LogP contribution in [0.1, 0.15) is 58.9 Å². The first-order valence-corrected chi connectivity index (χ1v) is 12.7. The van der Waals surface area contributed by atoms with Crippen LogP contribution in [-0.2, 0) is 15.9 Å². The number of aromatic nitrogens is 2. The van der Waals surface area contributed by atoms with Crippen LogP contribution >= 0.6 is 0 Å². The highest BCUT2D eigenvalue weighted by Gasteiger charge is 2.43. The highest BCUT2D eigenvalue weighted by Crippen LogP contribution is 2.38. The van der Waals surface area contributed by atoms with Gasteiger partial charge in [0.1, 0.15) is 25.4 Å². The Labute approximate surface area is 169 Å². The largest absolute Gasteiger partial charge is 0.450 e. The Bertz CT molecular complexity index is 807. The highest BCUT2D eigenvalue weighted by atomic mass is 28.3. The lowest BCUT2D eigenvalue weighted by atomic mass is 10.2. The van der Waals surface area contributed by atoms with Gasteiger partial charge in [-0.15, -0.1) is 0 Å². The number of nitrogens with zero attached hydrogens (tertiary/aromatic N) is 2. The lowest BCUT2D eigenvalue weighted by Crippen LogP contribution is -2.49. The molecule has 0 saturated carbocycles. The SMILES string of the molecule is COC(OC)c1coc(-c2nc(CCC=C(C)C)oc2[Si](C)(C)C(C)(C)C)n1. The summed E-state index contributed by atoms with van der Waals surface area (Å²) in [6.45, 7) is 15.5. The van der Waals surface area contributed by atoms with E-state index in [1.54, 1.807) is 20.5 Å². The molecule has 0 fully saturated rings. The van der Waals surface area contributed by atoms with Crippen molar-refractivity contribution in [2.75, 3.05) is 14.2 Å². The third kappa shape index (κ3) is 4.82. The fourth-order valence-electron chi connectivity index (χ4n) is 2.71. The summed E-state index contributed by atoms with van der Waals surface area (Å²) in [6.07, 6.45) is 4.82. The average Bonchev–Trinajstić information content (AvgIpc) is 3.22. The van der Waals surface area contributed by atoms with E-state index in [1.165, 1.54) is 5.57 Å². The first-order valence-electron chi connectivity index (χ1n) is 9.66. The van der Waals surface area contributed by atoms with Gasteiger partial charge in [0.2, 0.25) is 12.2 Å². The van der Waals surface area contributed by atoms with Gasteiger partial charge in [0.15, 0.2) is 11.6 Å². The maximum absolute atomic E-state index is 6.32. The molecule has 2 aromatic heterocycles. The second-order valence-electron chi connectivity index (χ2n) is 8.86. The molecule has 2 aromatic rings. The second kappa shape index (κ2) is 8.76. The molecule has 2 heterocycles. The van der Waals surface area contributed by atoms with Gasteiger partial charge in [-0.3, -0.25) is 0 Å². The number of ether oxygens (including phenoxy) is 2. The number of hydrogen-bond donors (Lipinski definition) is 0. The van der Waals surface area contributed by atoms with Gasteiger partial charge in [-0.25, -0.2) is 9.97 Å². The molecule has 0 saturated heterocycles. The Balaban J connectivity index is 2.49. The smallest absolute Gasteiger partial charge is 0.248 e. The van der Waals surface area contributed by atoms with Gasteiger partial charge in [-0.05, 0) is 25.3 Å². The summed E-state index contributed by atoms with van der Waals surface area (Å²) in [5.74, 6) is 1.17. The molecule has 0 aromatic carbocycles. The second-order valence-corrected chi connectivity index (χ2v) is 14.1. The van der Waals surface area contributed by atoms with E-state index >= 15 is 0 Å². The molecule has 0 aliphatic carbocycles. The Morgan fingerprint density at radius 1 is 1.18 bits per heavy atom. The van der Waals surface area contributed by atoms with Crippen LogP contribution in [0.3, 0.4) is 0 Å². The number of aryl methyl sites for hydroxylation is 1. The molecule has 0 spiro atoms. The van der Waals surface area contributed by atoms with Crippen molar-refractivity contribution >= 4 is 13.5 Å². The summed E-state index contributed by atoms with van der Waals surface area (Å²) in [5.41, 5.74) is 2.57. The van der Waals surface area contributed by atoms with Crippen molar-refractivity contribution in [1.82, 2.24) is 9.97 Å². The van der Waals surface area contributed by atoms with Gasteiger partial charge in [-0.1, -0.05) is 45.5 Å². The van der Waals surface area contributed by atoms with Crippen molar-refractivity contribution < 1.29 is 18.3 Å². The van der Waals surface area contributed by atoms with Gasteiger partial charge in [-0.2, -0.15) is 0 Å². The normalized spacial score (nSPS) is 12.6. The predicted molar refractivity (Wildman–Crippen MR) is 113 cm³/mol. The lowest BCUT2D eigenvalue weighted by molar-refractivity contribution is -0.108. The number of rotatable bonds is 8. The molecule has 0 aliphatic rings. The van der Waals surface area contributed by atoms with Gasteiger partial charge in [0.05, 0.1) is 0 Å². The Kier molecular flexibility index (Phi) is 7.06. The topological polar surface area (TPSA) is 70.5 Å². The average molecular weight is 407 g/mol. The summed E-state index contributed by atoms with van der Waals surface area (Å²) in [4.78, 5) is 9.35. The zero-order valence-electron chi connectivity index (χ0n) is 18.7. The fourth-order valence-corrected chi connectivity index (χ4v) is 4.51. The zero-order valence-corrected chi connectivity index (χ0v) is 19.7. The minimum atomic E-state index is -1.99. The van der Waals surface area contributed by atoms with Gasteiger partial charge in [0, 0.05) is 20.6 Å². The van der Waals surface area contributed by atoms with Crippen LogP contribution in [0.2, 0.25) is 18.1 Å². The van der Waals surface area contributed by atoms with E-state index in [9.17, 15) is 0 Å². The molecule has 6 nitrogen and oxygen atoms in total. The molecule has 0 amide bonds. The summed E-state index contributed by atoms with van der Waals surface area (Å²) in [6, 6.07) is 0. The first-order chi connectivity index (χ1) is 13.0. The predicted octanol–water partition coefficient (Wildman–Crippen LogP) is 5.24. The molecule has 0 atom stereocenters. The van der Waals surface area contributed by atoms with E-state index in [-0.39, 0.29) is 5.04 Å². The molecule has 0 radical (unpaired) electrons.